The van der Waals surface area contributed by atoms with Gasteiger partial charge in [0.05, 0.1) is 6.54 Å². The van der Waals surface area contributed by atoms with Crippen LogP contribution in [0, 0.1) is 0 Å². The van der Waals surface area contributed by atoms with E-state index in [9.17, 15) is 4.79 Å². The molecule has 0 aliphatic rings. The Kier molecular flexibility index (Phi) is 9.71. The topological polar surface area (TPSA) is 78.4 Å². The van der Waals surface area contributed by atoms with Gasteiger partial charge in [-0.2, -0.15) is 0 Å². The third-order valence-electron chi connectivity index (χ3n) is 2.55. The average molecular weight is 419 g/mol. The van der Waals surface area contributed by atoms with Crippen molar-refractivity contribution in [2.45, 2.75) is 32.7 Å². The van der Waals surface area contributed by atoms with Gasteiger partial charge in [-0.15, -0.1) is 24.0 Å². The van der Waals surface area contributed by atoms with Gasteiger partial charge < -0.3 is 16.0 Å². The highest BCUT2D eigenvalue weighted by atomic mass is 127. The molecule has 3 N–H and O–H groups in total. The summed E-state index contributed by atoms with van der Waals surface area (Å²) in [6.07, 6.45) is 2.58. The van der Waals surface area contributed by atoms with Gasteiger partial charge in [-0.3, -0.25) is 14.8 Å². The van der Waals surface area contributed by atoms with E-state index in [1.54, 1.807) is 13.2 Å². The summed E-state index contributed by atoms with van der Waals surface area (Å²) in [7, 11) is 1.68. The number of pyridine rings is 1. The molecule has 1 aromatic rings. The van der Waals surface area contributed by atoms with Crippen LogP contribution in [-0.2, 0) is 11.2 Å². The average Bonchev–Trinajstić information content (AvgIpc) is 2.42. The van der Waals surface area contributed by atoms with Gasteiger partial charge in [0.25, 0.3) is 0 Å². The van der Waals surface area contributed by atoms with Crippen LogP contribution >= 0.6 is 24.0 Å². The molecule has 0 spiro atoms. The minimum absolute atomic E-state index is 0. The molecule has 0 saturated heterocycles. The van der Waals surface area contributed by atoms with E-state index in [0.717, 1.165) is 12.1 Å². The molecule has 0 aromatic carbocycles. The molecule has 0 atom stereocenters. The van der Waals surface area contributed by atoms with Gasteiger partial charge in [0, 0.05) is 37.4 Å². The lowest BCUT2D eigenvalue weighted by Gasteiger charge is -2.21. The van der Waals surface area contributed by atoms with Crippen LogP contribution in [0.3, 0.4) is 0 Å². The third kappa shape index (κ3) is 9.54. The molecule has 1 rings (SSSR count). The number of aromatic nitrogens is 1. The highest BCUT2D eigenvalue weighted by Gasteiger charge is 2.13. The van der Waals surface area contributed by atoms with Crippen LogP contribution in [0.15, 0.2) is 29.4 Å². The molecule has 0 radical (unpaired) electrons. The molecule has 1 aromatic heterocycles. The molecule has 7 heteroatoms. The lowest BCUT2D eigenvalue weighted by atomic mass is 10.1. The lowest BCUT2D eigenvalue weighted by molar-refractivity contribution is -0.121. The third-order valence-corrected chi connectivity index (χ3v) is 2.55. The number of amides is 1. The molecule has 6 nitrogen and oxygen atoms in total. The summed E-state index contributed by atoms with van der Waals surface area (Å²) >= 11 is 0. The number of hydrogen-bond donors (Lipinski definition) is 3. The molecule has 1 amide bonds. The highest BCUT2D eigenvalue weighted by Crippen LogP contribution is 1.97. The maximum Gasteiger partial charge on any atom is 0.239 e. The van der Waals surface area contributed by atoms with Crippen molar-refractivity contribution < 1.29 is 4.79 Å². The zero-order valence-corrected chi connectivity index (χ0v) is 16.0. The summed E-state index contributed by atoms with van der Waals surface area (Å²) in [5.74, 6) is 0.546. The van der Waals surface area contributed by atoms with Crippen molar-refractivity contribution in [2.24, 2.45) is 4.99 Å². The number of hydrogen-bond acceptors (Lipinski definition) is 3. The number of carbonyl (C=O) groups is 1. The molecule has 0 fully saturated rings. The Balaban J connectivity index is 0.00000441. The van der Waals surface area contributed by atoms with Crippen LogP contribution in [0.5, 0.6) is 0 Å². The van der Waals surface area contributed by atoms with E-state index in [0.29, 0.717) is 12.5 Å². The van der Waals surface area contributed by atoms with Crippen LogP contribution in [0.4, 0.5) is 0 Å². The Hall–Kier alpha value is -1.38. The maximum atomic E-state index is 11.7. The Labute approximate surface area is 149 Å². The molecule has 0 saturated carbocycles. The molecule has 0 bridgehead atoms. The number of carbonyl (C=O) groups excluding carboxylic acids is 1. The molecule has 124 valence electrons. The predicted octanol–water partition coefficient (Wildman–Crippen LogP) is 1.32. The van der Waals surface area contributed by atoms with Crippen LogP contribution in [0.2, 0.25) is 0 Å². The largest absolute Gasteiger partial charge is 0.356 e. The SMILES string of the molecule is CN=C(NCCc1ccccn1)NCC(=O)NC(C)(C)C.I. The Bertz CT molecular complexity index is 471. The lowest BCUT2D eigenvalue weighted by Crippen LogP contribution is -2.48. The van der Waals surface area contributed by atoms with Crippen molar-refractivity contribution >= 4 is 35.8 Å². The Morgan fingerprint density at radius 1 is 1.27 bits per heavy atom. The second kappa shape index (κ2) is 10.4. The normalized spacial score (nSPS) is 11.4. The minimum Gasteiger partial charge on any atom is -0.356 e. The number of nitrogens with zero attached hydrogens (tertiary/aromatic N) is 2. The van der Waals surface area contributed by atoms with E-state index in [2.05, 4.69) is 25.9 Å². The van der Waals surface area contributed by atoms with Crippen LogP contribution < -0.4 is 16.0 Å². The maximum absolute atomic E-state index is 11.7. The Morgan fingerprint density at radius 2 is 2.00 bits per heavy atom. The fraction of sp³-hybridized carbons (Fsp3) is 0.533. The molecule has 0 aliphatic heterocycles. The van der Waals surface area contributed by atoms with Gasteiger partial charge in [0.1, 0.15) is 0 Å². The van der Waals surface area contributed by atoms with Crippen molar-refractivity contribution in [3.8, 4) is 0 Å². The van der Waals surface area contributed by atoms with Gasteiger partial charge in [0.2, 0.25) is 5.91 Å². The van der Waals surface area contributed by atoms with E-state index in [1.807, 2.05) is 39.0 Å². The van der Waals surface area contributed by atoms with E-state index in [-0.39, 0.29) is 42.0 Å². The first kappa shape index (κ1) is 20.6. The Morgan fingerprint density at radius 3 is 2.55 bits per heavy atom. The zero-order valence-electron chi connectivity index (χ0n) is 13.6. The standard InChI is InChI=1S/C15H25N5O.HI/c1-15(2,3)20-13(21)11-19-14(16-4)18-10-8-12-7-5-6-9-17-12;/h5-7,9H,8,10-11H2,1-4H3,(H,20,21)(H2,16,18,19);1H. The summed E-state index contributed by atoms with van der Waals surface area (Å²) in [6, 6.07) is 5.84. The van der Waals surface area contributed by atoms with Crippen molar-refractivity contribution in [2.75, 3.05) is 20.1 Å². The number of halogens is 1. The fourth-order valence-electron chi connectivity index (χ4n) is 1.70. The second-order valence-electron chi connectivity index (χ2n) is 5.72. The van der Waals surface area contributed by atoms with Crippen molar-refractivity contribution in [3.05, 3.63) is 30.1 Å². The molecule has 22 heavy (non-hydrogen) atoms. The van der Waals surface area contributed by atoms with Crippen LogP contribution in [-0.4, -0.2) is 42.5 Å². The molecular formula is C15H26IN5O. The smallest absolute Gasteiger partial charge is 0.239 e. The monoisotopic (exact) mass is 419 g/mol. The van der Waals surface area contributed by atoms with E-state index in [4.69, 9.17) is 0 Å². The van der Waals surface area contributed by atoms with Gasteiger partial charge in [0.15, 0.2) is 5.96 Å². The number of aliphatic imine (C=N–C) groups is 1. The quantitative estimate of drug-likeness (QED) is 0.382. The molecular weight excluding hydrogens is 393 g/mol. The van der Waals surface area contributed by atoms with Crippen LogP contribution in [0.25, 0.3) is 0 Å². The van der Waals surface area contributed by atoms with Gasteiger partial charge >= 0.3 is 0 Å². The van der Waals surface area contributed by atoms with Crippen molar-refractivity contribution in [1.82, 2.24) is 20.9 Å². The highest BCUT2D eigenvalue weighted by molar-refractivity contribution is 14.0. The summed E-state index contributed by atoms with van der Waals surface area (Å²) in [6.45, 7) is 6.75. The first-order valence-corrected chi connectivity index (χ1v) is 7.06. The number of nitrogens with one attached hydrogen (secondary N) is 3. The summed E-state index contributed by atoms with van der Waals surface area (Å²) in [4.78, 5) is 20.0. The van der Waals surface area contributed by atoms with Crippen molar-refractivity contribution in [3.63, 3.8) is 0 Å². The second-order valence-corrected chi connectivity index (χ2v) is 5.72. The van der Waals surface area contributed by atoms with Crippen LogP contribution in [0.1, 0.15) is 26.5 Å². The summed E-state index contributed by atoms with van der Waals surface area (Å²) < 4.78 is 0. The predicted molar refractivity (Wildman–Crippen MR) is 101 cm³/mol. The van der Waals surface area contributed by atoms with Crippen molar-refractivity contribution in [1.29, 1.82) is 0 Å². The zero-order chi connectivity index (χ0) is 15.7. The van der Waals surface area contributed by atoms with E-state index < -0.39 is 0 Å². The number of guanidine groups is 1. The molecule has 0 unspecified atom stereocenters. The van der Waals surface area contributed by atoms with Gasteiger partial charge in [-0.05, 0) is 32.9 Å². The fourth-order valence-corrected chi connectivity index (χ4v) is 1.70. The van der Waals surface area contributed by atoms with Gasteiger partial charge in [-0.25, -0.2) is 0 Å². The van der Waals surface area contributed by atoms with Gasteiger partial charge in [-0.1, -0.05) is 6.07 Å². The summed E-state index contributed by atoms with van der Waals surface area (Å²) in [5, 5.41) is 9.03. The minimum atomic E-state index is -0.227. The first-order chi connectivity index (χ1) is 9.90. The van der Waals surface area contributed by atoms with E-state index >= 15 is 0 Å². The molecule has 1 heterocycles. The molecule has 0 aliphatic carbocycles. The number of rotatable bonds is 5. The van der Waals surface area contributed by atoms with E-state index in [1.165, 1.54) is 0 Å². The summed E-state index contributed by atoms with van der Waals surface area (Å²) in [5.41, 5.74) is 0.792. The first-order valence-electron chi connectivity index (χ1n) is 7.06.